The molecule has 2 aliphatic rings. The highest BCUT2D eigenvalue weighted by Gasteiger charge is 2.26. The van der Waals surface area contributed by atoms with Gasteiger partial charge in [0.05, 0.1) is 5.69 Å². The largest absolute Gasteiger partial charge is 0.260 e. The normalized spacial score (nSPS) is 28.1. The average Bonchev–Trinajstić information content (AvgIpc) is 2.65. The quantitative estimate of drug-likeness (QED) is 0.604. The molecule has 0 radical (unpaired) electrons. The van der Waals surface area contributed by atoms with Gasteiger partial charge in [-0.25, -0.2) is 0 Å². The van der Waals surface area contributed by atoms with E-state index in [4.69, 9.17) is 0 Å². The van der Waals surface area contributed by atoms with Crippen molar-refractivity contribution in [3.05, 3.63) is 53.9 Å². The van der Waals surface area contributed by atoms with Crippen LogP contribution in [-0.4, -0.2) is 13.4 Å². The fraction of sp³-hybridized carbons (Fsp3) is 0.231. The van der Waals surface area contributed by atoms with Crippen LogP contribution in [0.3, 0.4) is 0 Å². The number of nitrogens with zero attached hydrogens (tertiary/aromatic N) is 1. The molecule has 0 saturated carbocycles. The van der Waals surface area contributed by atoms with E-state index in [9.17, 15) is 0 Å². The van der Waals surface area contributed by atoms with E-state index in [1.807, 2.05) is 12.3 Å². The lowest BCUT2D eigenvalue weighted by atomic mass is 9.90. The lowest BCUT2D eigenvalue weighted by molar-refractivity contribution is 0.833. The average molecular weight is 309 g/mol. The molecule has 0 bridgehead atoms. The second-order valence-electron chi connectivity index (χ2n) is 3.82. The van der Waals surface area contributed by atoms with Gasteiger partial charge in [0.1, 0.15) is 0 Å². The molecular weight excluding hydrogens is 297 g/mol. The molecule has 0 saturated heterocycles. The molecule has 1 aromatic heterocycles. The highest BCUT2D eigenvalue weighted by atomic mass is 127. The van der Waals surface area contributed by atoms with Crippen LogP contribution in [-0.2, 0) is 0 Å². The van der Waals surface area contributed by atoms with Gasteiger partial charge >= 0.3 is 0 Å². The molecule has 2 unspecified atom stereocenters. The number of pyridine rings is 1. The highest BCUT2D eigenvalue weighted by molar-refractivity contribution is 14.2. The molecule has 0 N–H and O–H groups in total. The van der Waals surface area contributed by atoms with E-state index < -0.39 is 0 Å². The summed E-state index contributed by atoms with van der Waals surface area (Å²) in [6.45, 7) is 0. The molecule has 0 spiro atoms. The van der Waals surface area contributed by atoms with Crippen LogP contribution in [0, 0.1) is 5.92 Å². The summed E-state index contributed by atoms with van der Waals surface area (Å²) in [6.07, 6.45) is 8.61. The van der Waals surface area contributed by atoms with Gasteiger partial charge in [0.2, 0.25) is 0 Å². The molecular formula is C13H12IN. The molecule has 1 aliphatic carbocycles. The standard InChI is InChI=1S/C13H12IN/c1-2-7-15-13(6-1)12-5-3-4-11(12)10-8-14-9-10/h1-8,10,12H,9H2. The fourth-order valence-corrected chi connectivity index (χ4v) is 3.96. The zero-order valence-electron chi connectivity index (χ0n) is 8.31. The Morgan fingerprint density at radius 3 is 2.93 bits per heavy atom. The number of hydrogen-bond donors (Lipinski definition) is 0. The summed E-state index contributed by atoms with van der Waals surface area (Å²) < 4.78 is 3.95. The van der Waals surface area contributed by atoms with Crippen molar-refractivity contribution in [1.82, 2.24) is 4.98 Å². The third-order valence-electron chi connectivity index (χ3n) is 2.88. The van der Waals surface area contributed by atoms with Gasteiger partial charge in [0, 0.05) is 22.5 Å². The number of alkyl halides is 1. The molecule has 2 heterocycles. The van der Waals surface area contributed by atoms with Crippen molar-refractivity contribution in [3.63, 3.8) is 0 Å². The maximum absolute atomic E-state index is 4.45. The fourth-order valence-electron chi connectivity index (χ4n) is 2.02. The summed E-state index contributed by atoms with van der Waals surface area (Å²) in [5, 5.41) is 0. The Balaban J connectivity index is 1.90. The Kier molecular flexibility index (Phi) is 2.52. The predicted molar refractivity (Wildman–Crippen MR) is 72.6 cm³/mol. The summed E-state index contributed by atoms with van der Waals surface area (Å²) in [4.78, 5) is 4.45. The maximum atomic E-state index is 4.45. The molecule has 2 atom stereocenters. The van der Waals surface area contributed by atoms with Gasteiger partial charge in [-0.15, -0.1) is 20.7 Å². The Hall–Kier alpha value is -0.770. The van der Waals surface area contributed by atoms with Crippen molar-refractivity contribution in [1.29, 1.82) is 0 Å². The van der Waals surface area contributed by atoms with Crippen molar-refractivity contribution in [2.45, 2.75) is 5.92 Å². The minimum atomic E-state index is 0.429. The van der Waals surface area contributed by atoms with Crippen LogP contribution in [0.4, 0.5) is 0 Å². The molecule has 2 heteroatoms. The molecule has 0 aromatic carbocycles. The van der Waals surface area contributed by atoms with Crippen molar-refractivity contribution in [2.24, 2.45) is 5.92 Å². The van der Waals surface area contributed by atoms with E-state index in [1.54, 1.807) is 5.57 Å². The van der Waals surface area contributed by atoms with Gasteiger partial charge in [-0.3, -0.25) is 4.98 Å². The van der Waals surface area contributed by atoms with E-state index in [0.717, 1.165) is 5.92 Å². The van der Waals surface area contributed by atoms with E-state index >= 15 is 0 Å². The monoisotopic (exact) mass is 309 g/mol. The topological polar surface area (TPSA) is 12.9 Å². The Bertz CT molecular complexity index is 445. The van der Waals surface area contributed by atoms with Crippen molar-refractivity contribution < 1.29 is 0 Å². The number of allylic oxidation sites excluding steroid dienone is 4. The molecule has 3 rings (SSSR count). The maximum Gasteiger partial charge on any atom is 0.0513 e. The van der Waals surface area contributed by atoms with Gasteiger partial charge in [0.25, 0.3) is 0 Å². The summed E-state index contributed by atoms with van der Waals surface area (Å²) in [5.74, 6) is 1.19. The smallest absolute Gasteiger partial charge is 0.0513 e. The molecule has 0 amide bonds. The predicted octanol–water partition coefficient (Wildman–Crippen LogP) is 3.06. The van der Waals surface area contributed by atoms with Crippen molar-refractivity contribution in [2.75, 3.05) is 4.43 Å². The third-order valence-corrected chi connectivity index (χ3v) is 5.72. The summed E-state index contributed by atoms with van der Waals surface area (Å²) >= 11 is 0.429. The molecule has 76 valence electrons. The van der Waals surface area contributed by atoms with Crippen molar-refractivity contribution in [3.8, 4) is 0 Å². The Morgan fingerprint density at radius 1 is 1.33 bits per heavy atom. The summed E-state index contributed by atoms with van der Waals surface area (Å²) in [7, 11) is 0. The lowest BCUT2D eigenvalue weighted by Gasteiger charge is -2.23. The zero-order chi connectivity index (χ0) is 10.1. The van der Waals surface area contributed by atoms with Crippen LogP contribution in [0.2, 0.25) is 0 Å². The second kappa shape index (κ2) is 4.00. The minimum Gasteiger partial charge on any atom is -0.260 e. The molecule has 15 heavy (non-hydrogen) atoms. The summed E-state index contributed by atoms with van der Waals surface area (Å²) in [5.41, 5.74) is 2.75. The summed E-state index contributed by atoms with van der Waals surface area (Å²) in [6, 6.07) is 6.18. The number of hydrogen-bond acceptors (Lipinski definition) is 1. The Morgan fingerprint density at radius 2 is 2.27 bits per heavy atom. The number of halogens is 1. The Labute approximate surface area is 99.7 Å². The first-order valence-corrected chi connectivity index (χ1v) is 7.92. The number of rotatable bonds is 2. The molecule has 1 aliphatic heterocycles. The van der Waals surface area contributed by atoms with E-state index in [-0.39, 0.29) is 0 Å². The van der Waals surface area contributed by atoms with Crippen molar-refractivity contribution >= 4 is 24.7 Å². The van der Waals surface area contributed by atoms with Gasteiger partial charge in [-0.1, -0.05) is 24.3 Å². The first-order valence-electron chi connectivity index (χ1n) is 5.15. The minimum absolute atomic E-state index is 0.429. The van der Waals surface area contributed by atoms with Gasteiger partial charge in [-0.2, -0.15) is 0 Å². The zero-order valence-corrected chi connectivity index (χ0v) is 10.5. The van der Waals surface area contributed by atoms with E-state index in [2.05, 4.69) is 39.4 Å². The second-order valence-corrected chi connectivity index (χ2v) is 6.31. The highest BCUT2D eigenvalue weighted by Crippen LogP contribution is 2.38. The van der Waals surface area contributed by atoms with Crippen LogP contribution < -0.4 is 0 Å². The van der Waals surface area contributed by atoms with Crippen LogP contribution in [0.15, 0.2) is 48.2 Å². The first kappa shape index (κ1) is 9.46. The third kappa shape index (κ3) is 1.71. The van der Waals surface area contributed by atoms with E-state index in [1.165, 1.54) is 10.1 Å². The van der Waals surface area contributed by atoms with E-state index in [0.29, 0.717) is 26.6 Å². The van der Waals surface area contributed by atoms with Gasteiger partial charge in [-0.05, 0) is 21.7 Å². The number of aromatic nitrogens is 1. The molecule has 1 aromatic rings. The molecule has 0 fully saturated rings. The van der Waals surface area contributed by atoms with Crippen LogP contribution in [0.5, 0.6) is 0 Å². The van der Waals surface area contributed by atoms with Crippen LogP contribution in [0.1, 0.15) is 11.6 Å². The SMILES string of the molecule is C1=CC(c2ccccn2)C(C2C=IC2)=C1. The van der Waals surface area contributed by atoms with Crippen LogP contribution >= 0.6 is 20.7 Å². The first-order chi connectivity index (χ1) is 7.45. The molecule has 1 nitrogen and oxygen atoms in total. The van der Waals surface area contributed by atoms with Gasteiger partial charge < -0.3 is 0 Å². The lowest BCUT2D eigenvalue weighted by Crippen LogP contribution is -2.17. The van der Waals surface area contributed by atoms with Gasteiger partial charge in [0.15, 0.2) is 0 Å². The van der Waals surface area contributed by atoms with Crippen LogP contribution in [0.25, 0.3) is 0 Å².